The van der Waals surface area contributed by atoms with Crippen molar-refractivity contribution in [3.63, 3.8) is 0 Å². The molecule has 3 rings (SSSR count). The Morgan fingerprint density at radius 2 is 2.21 bits per heavy atom. The Morgan fingerprint density at radius 3 is 2.89 bits per heavy atom. The fourth-order valence-electron chi connectivity index (χ4n) is 2.23. The van der Waals surface area contributed by atoms with Gasteiger partial charge in [-0.1, -0.05) is 15.9 Å². The van der Waals surface area contributed by atoms with E-state index in [1.54, 1.807) is 22.7 Å². The van der Waals surface area contributed by atoms with Crippen LogP contribution in [0.3, 0.4) is 0 Å². The Balaban J connectivity index is 1.78. The highest BCUT2D eigenvalue weighted by molar-refractivity contribution is 9.09. The van der Waals surface area contributed by atoms with Gasteiger partial charge in [-0.15, -0.1) is 22.7 Å². The molecule has 2 aromatic heterocycles. The number of halogens is 1. The maximum absolute atomic E-state index is 12.4. The van der Waals surface area contributed by atoms with Crippen molar-refractivity contribution in [3.05, 3.63) is 22.4 Å². The van der Waals surface area contributed by atoms with Crippen molar-refractivity contribution in [1.29, 1.82) is 0 Å². The summed E-state index contributed by atoms with van der Waals surface area (Å²) < 4.78 is 7.76. The van der Waals surface area contributed by atoms with E-state index in [2.05, 4.69) is 32.7 Å². The van der Waals surface area contributed by atoms with Crippen molar-refractivity contribution in [1.82, 2.24) is 5.32 Å². The third-order valence-corrected chi connectivity index (χ3v) is 6.61. The Kier molecular flexibility index (Phi) is 3.93. The highest BCUT2D eigenvalue weighted by Gasteiger charge is 2.33. The first-order valence-electron chi connectivity index (χ1n) is 6.16. The number of hydrogen-bond acceptors (Lipinski definition) is 4. The van der Waals surface area contributed by atoms with Crippen LogP contribution in [-0.2, 0) is 4.74 Å². The molecule has 3 heterocycles. The molecular formula is C13H14BrNO2S2. The van der Waals surface area contributed by atoms with Crippen LogP contribution in [0.15, 0.2) is 17.5 Å². The second kappa shape index (κ2) is 5.52. The summed E-state index contributed by atoms with van der Waals surface area (Å²) in [6.45, 7) is 1.43. The van der Waals surface area contributed by atoms with Crippen molar-refractivity contribution >= 4 is 53.9 Å². The summed E-state index contributed by atoms with van der Waals surface area (Å²) in [5, 5.41) is 6.03. The summed E-state index contributed by atoms with van der Waals surface area (Å²) in [5.41, 5.74) is -0.160. The third kappa shape index (κ3) is 2.72. The van der Waals surface area contributed by atoms with E-state index >= 15 is 0 Å². The highest BCUT2D eigenvalue weighted by atomic mass is 79.9. The first-order valence-corrected chi connectivity index (χ1v) is 8.97. The van der Waals surface area contributed by atoms with E-state index in [4.69, 9.17) is 4.74 Å². The second-order valence-corrected chi connectivity index (χ2v) is 7.33. The van der Waals surface area contributed by atoms with E-state index in [1.165, 1.54) is 9.40 Å². The molecule has 0 unspecified atom stereocenters. The zero-order chi connectivity index (χ0) is 13.3. The van der Waals surface area contributed by atoms with Crippen LogP contribution in [0.5, 0.6) is 0 Å². The van der Waals surface area contributed by atoms with Crippen molar-refractivity contribution in [2.75, 3.05) is 18.5 Å². The van der Waals surface area contributed by atoms with Gasteiger partial charge in [0.05, 0.1) is 10.4 Å². The van der Waals surface area contributed by atoms with Crippen LogP contribution >= 0.6 is 38.6 Å². The van der Waals surface area contributed by atoms with Gasteiger partial charge in [-0.05, 0) is 30.4 Å². The lowest BCUT2D eigenvalue weighted by Gasteiger charge is -2.36. The normalized spacial score (nSPS) is 18.6. The molecular weight excluding hydrogens is 346 g/mol. The number of carbonyl (C=O) groups excluding carboxylic acids is 1. The number of fused-ring (bicyclic) bond motifs is 1. The maximum atomic E-state index is 12.4. The SMILES string of the molecule is O=C(NC1(CBr)CCOCC1)c1cc2sccc2s1. The van der Waals surface area contributed by atoms with Gasteiger partial charge in [0.25, 0.3) is 5.91 Å². The van der Waals surface area contributed by atoms with Crippen LogP contribution in [0.1, 0.15) is 22.5 Å². The van der Waals surface area contributed by atoms with Crippen molar-refractivity contribution in [2.45, 2.75) is 18.4 Å². The Morgan fingerprint density at radius 1 is 1.42 bits per heavy atom. The lowest BCUT2D eigenvalue weighted by molar-refractivity contribution is 0.0443. The number of rotatable bonds is 3. The van der Waals surface area contributed by atoms with Gasteiger partial charge in [0.15, 0.2) is 0 Å². The molecule has 0 aromatic carbocycles. The van der Waals surface area contributed by atoms with Crippen LogP contribution < -0.4 is 5.32 Å². The van der Waals surface area contributed by atoms with Crippen molar-refractivity contribution < 1.29 is 9.53 Å². The number of alkyl halides is 1. The maximum Gasteiger partial charge on any atom is 0.261 e. The van der Waals surface area contributed by atoms with Gasteiger partial charge < -0.3 is 10.1 Å². The summed E-state index contributed by atoms with van der Waals surface area (Å²) in [4.78, 5) is 13.2. The standard InChI is InChI=1S/C13H14BrNO2S2/c14-8-13(2-4-17-5-3-13)15-12(16)11-7-10-9(19-11)1-6-18-10/h1,6-7H,2-5,8H2,(H,15,16). The fraction of sp³-hybridized carbons (Fsp3) is 0.462. The van der Waals surface area contributed by atoms with Crippen LogP contribution in [0.4, 0.5) is 0 Å². The van der Waals surface area contributed by atoms with Gasteiger partial charge in [-0.3, -0.25) is 4.79 Å². The molecule has 102 valence electrons. The number of thiophene rings is 2. The van der Waals surface area contributed by atoms with Gasteiger partial charge in [0.2, 0.25) is 0 Å². The Hall–Kier alpha value is -0.430. The number of carbonyl (C=O) groups is 1. The van der Waals surface area contributed by atoms with E-state index in [0.29, 0.717) is 13.2 Å². The molecule has 0 spiro atoms. The van der Waals surface area contributed by atoms with Gasteiger partial charge in [0.1, 0.15) is 0 Å². The zero-order valence-corrected chi connectivity index (χ0v) is 13.5. The smallest absolute Gasteiger partial charge is 0.261 e. The molecule has 0 aliphatic carbocycles. The minimum absolute atomic E-state index is 0.0368. The summed E-state index contributed by atoms with van der Waals surface area (Å²) in [6.07, 6.45) is 1.73. The Labute approximate surface area is 128 Å². The molecule has 0 saturated carbocycles. The minimum Gasteiger partial charge on any atom is -0.381 e. The first kappa shape index (κ1) is 13.5. The van der Waals surface area contributed by atoms with Gasteiger partial charge in [0, 0.05) is 27.9 Å². The van der Waals surface area contributed by atoms with E-state index in [9.17, 15) is 4.79 Å². The predicted molar refractivity (Wildman–Crippen MR) is 83.7 cm³/mol. The van der Waals surface area contributed by atoms with Crippen molar-refractivity contribution in [3.8, 4) is 0 Å². The molecule has 1 aliphatic rings. The van der Waals surface area contributed by atoms with Crippen LogP contribution in [0.25, 0.3) is 9.40 Å². The van der Waals surface area contributed by atoms with Crippen LogP contribution in [0.2, 0.25) is 0 Å². The van der Waals surface area contributed by atoms with E-state index in [0.717, 1.165) is 23.0 Å². The van der Waals surface area contributed by atoms with Gasteiger partial charge in [-0.25, -0.2) is 0 Å². The molecule has 0 bridgehead atoms. The molecule has 2 aromatic rings. The average molecular weight is 360 g/mol. The molecule has 3 nitrogen and oxygen atoms in total. The van der Waals surface area contributed by atoms with Gasteiger partial charge >= 0.3 is 0 Å². The number of ether oxygens (including phenoxy) is 1. The minimum atomic E-state index is -0.160. The summed E-state index contributed by atoms with van der Waals surface area (Å²) >= 11 is 6.77. The molecule has 1 amide bonds. The first-order chi connectivity index (χ1) is 9.22. The van der Waals surface area contributed by atoms with E-state index in [-0.39, 0.29) is 11.4 Å². The molecule has 1 aliphatic heterocycles. The molecule has 1 fully saturated rings. The average Bonchev–Trinajstić information content (AvgIpc) is 3.00. The number of amides is 1. The van der Waals surface area contributed by atoms with Crippen molar-refractivity contribution in [2.24, 2.45) is 0 Å². The van der Waals surface area contributed by atoms with Crippen LogP contribution in [0, 0.1) is 0 Å². The molecule has 19 heavy (non-hydrogen) atoms. The second-order valence-electron chi connectivity index (χ2n) is 4.74. The monoisotopic (exact) mass is 359 g/mol. The molecule has 1 N–H and O–H groups in total. The lowest BCUT2D eigenvalue weighted by atomic mass is 9.92. The van der Waals surface area contributed by atoms with E-state index in [1.807, 2.05) is 6.07 Å². The molecule has 0 radical (unpaired) electrons. The highest BCUT2D eigenvalue weighted by Crippen LogP contribution is 2.31. The summed E-state index contributed by atoms with van der Waals surface area (Å²) in [5.74, 6) is 0.0368. The lowest BCUT2D eigenvalue weighted by Crippen LogP contribution is -2.53. The quantitative estimate of drug-likeness (QED) is 0.849. The largest absolute Gasteiger partial charge is 0.381 e. The van der Waals surface area contributed by atoms with Crippen LogP contribution in [-0.4, -0.2) is 30.0 Å². The van der Waals surface area contributed by atoms with Gasteiger partial charge in [-0.2, -0.15) is 0 Å². The topological polar surface area (TPSA) is 38.3 Å². The molecule has 6 heteroatoms. The number of hydrogen-bond donors (Lipinski definition) is 1. The molecule has 0 atom stereocenters. The fourth-order valence-corrected chi connectivity index (χ4v) is 4.94. The zero-order valence-electron chi connectivity index (χ0n) is 10.3. The van der Waals surface area contributed by atoms with E-state index < -0.39 is 0 Å². The summed E-state index contributed by atoms with van der Waals surface area (Å²) in [6, 6.07) is 4.05. The molecule has 1 saturated heterocycles. The Bertz CT molecular complexity index is 558. The number of nitrogens with one attached hydrogen (secondary N) is 1. The summed E-state index contributed by atoms with van der Waals surface area (Å²) in [7, 11) is 0. The predicted octanol–water partition coefficient (Wildman–Crippen LogP) is 3.64. The third-order valence-electron chi connectivity index (χ3n) is 3.45.